The molecule has 0 spiro atoms. The van der Waals surface area contributed by atoms with Crippen LogP contribution in [0.3, 0.4) is 0 Å². The van der Waals surface area contributed by atoms with Crippen molar-refractivity contribution in [2.45, 2.75) is 56.8 Å². The van der Waals surface area contributed by atoms with Crippen LogP contribution >= 0.6 is 11.6 Å². The molecule has 0 saturated carbocycles. The second-order valence-corrected chi connectivity index (χ2v) is 6.44. The fourth-order valence-corrected chi connectivity index (χ4v) is 4.03. The SMILES string of the molecule is CC(C(=O)c1cccc(Cl)c1)N1C2CCC1CC(O)C2. The molecule has 3 atom stereocenters. The summed E-state index contributed by atoms with van der Waals surface area (Å²) < 4.78 is 0. The van der Waals surface area contributed by atoms with Crippen LogP contribution in [0.4, 0.5) is 0 Å². The van der Waals surface area contributed by atoms with Crippen LogP contribution < -0.4 is 0 Å². The summed E-state index contributed by atoms with van der Waals surface area (Å²) in [4.78, 5) is 14.9. The van der Waals surface area contributed by atoms with Gasteiger partial charge in [-0.15, -0.1) is 0 Å². The molecule has 2 saturated heterocycles. The molecular formula is C16H20ClNO2. The van der Waals surface area contributed by atoms with Crippen molar-refractivity contribution in [1.82, 2.24) is 4.90 Å². The van der Waals surface area contributed by atoms with Crippen LogP contribution in [0.1, 0.15) is 43.0 Å². The van der Waals surface area contributed by atoms with Crippen molar-refractivity contribution in [2.75, 3.05) is 0 Å². The van der Waals surface area contributed by atoms with E-state index in [0.29, 0.717) is 22.7 Å². The van der Waals surface area contributed by atoms with Crippen LogP contribution in [0.5, 0.6) is 0 Å². The number of nitrogens with zero attached hydrogens (tertiary/aromatic N) is 1. The number of halogens is 1. The standard InChI is InChI=1S/C16H20ClNO2/c1-10(16(20)11-3-2-4-12(17)7-11)18-13-5-6-14(18)9-15(19)8-13/h2-4,7,10,13-15,19H,5-6,8-9H2,1H3. The van der Waals surface area contributed by atoms with Crippen LogP contribution in [0.2, 0.25) is 5.02 Å². The van der Waals surface area contributed by atoms with Gasteiger partial charge in [-0.3, -0.25) is 9.69 Å². The first-order chi connectivity index (χ1) is 9.56. The summed E-state index contributed by atoms with van der Waals surface area (Å²) in [5.74, 6) is 0.126. The minimum Gasteiger partial charge on any atom is -0.393 e. The highest BCUT2D eigenvalue weighted by Crippen LogP contribution is 2.37. The molecule has 1 aromatic carbocycles. The summed E-state index contributed by atoms with van der Waals surface area (Å²) in [5.41, 5.74) is 0.676. The Hall–Kier alpha value is -0.900. The van der Waals surface area contributed by atoms with E-state index >= 15 is 0 Å². The normalized spacial score (nSPS) is 31.2. The Balaban J connectivity index is 1.79. The lowest BCUT2D eigenvalue weighted by molar-refractivity contribution is 0.0155. The predicted octanol–water partition coefficient (Wildman–Crippen LogP) is 2.90. The number of carbonyl (C=O) groups excluding carboxylic acids is 1. The Kier molecular flexibility index (Phi) is 3.85. The molecule has 2 heterocycles. The van der Waals surface area contributed by atoms with Crippen LogP contribution in [0.25, 0.3) is 0 Å². The molecule has 1 aromatic rings. The zero-order valence-corrected chi connectivity index (χ0v) is 12.4. The third kappa shape index (κ3) is 2.50. The molecule has 0 radical (unpaired) electrons. The molecule has 2 aliphatic rings. The molecular weight excluding hydrogens is 274 g/mol. The minimum atomic E-state index is -0.197. The number of aliphatic hydroxyl groups excluding tert-OH is 1. The van der Waals surface area contributed by atoms with Gasteiger partial charge in [0.15, 0.2) is 5.78 Å². The van der Waals surface area contributed by atoms with E-state index in [0.717, 1.165) is 25.7 Å². The Morgan fingerprint density at radius 2 is 2.00 bits per heavy atom. The summed E-state index contributed by atoms with van der Waals surface area (Å²) in [6.07, 6.45) is 3.58. The van der Waals surface area contributed by atoms with E-state index < -0.39 is 0 Å². The Morgan fingerprint density at radius 3 is 2.60 bits per heavy atom. The molecule has 0 aliphatic carbocycles. The average molecular weight is 294 g/mol. The number of hydrogen-bond acceptors (Lipinski definition) is 3. The van der Waals surface area contributed by atoms with Crippen molar-refractivity contribution < 1.29 is 9.90 Å². The maximum absolute atomic E-state index is 12.6. The van der Waals surface area contributed by atoms with E-state index in [4.69, 9.17) is 11.6 Å². The van der Waals surface area contributed by atoms with E-state index in [2.05, 4.69) is 4.90 Å². The van der Waals surface area contributed by atoms with Crippen molar-refractivity contribution in [3.8, 4) is 0 Å². The second-order valence-electron chi connectivity index (χ2n) is 6.01. The molecule has 2 bridgehead atoms. The Morgan fingerprint density at radius 1 is 1.35 bits per heavy atom. The quantitative estimate of drug-likeness (QED) is 0.871. The Bertz CT molecular complexity index is 505. The first kappa shape index (κ1) is 14.1. The topological polar surface area (TPSA) is 40.5 Å². The van der Waals surface area contributed by atoms with Gasteiger partial charge in [-0.1, -0.05) is 23.7 Å². The highest BCUT2D eigenvalue weighted by Gasteiger charge is 2.44. The summed E-state index contributed by atoms with van der Waals surface area (Å²) in [6, 6.07) is 7.72. The van der Waals surface area contributed by atoms with Gasteiger partial charge in [0.2, 0.25) is 0 Å². The molecule has 0 aromatic heterocycles. The van der Waals surface area contributed by atoms with Gasteiger partial charge in [-0.25, -0.2) is 0 Å². The fraction of sp³-hybridized carbons (Fsp3) is 0.562. The smallest absolute Gasteiger partial charge is 0.179 e. The summed E-state index contributed by atoms with van der Waals surface area (Å²) >= 11 is 5.97. The van der Waals surface area contributed by atoms with Crippen molar-refractivity contribution >= 4 is 17.4 Å². The third-order valence-electron chi connectivity index (χ3n) is 4.70. The fourth-order valence-electron chi connectivity index (χ4n) is 3.84. The lowest BCUT2D eigenvalue weighted by Gasteiger charge is -2.40. The number of benzene rings is 1. The summed E-state index contributed by atoms with van der Waals surface area (Å²) in [6.45, 7) is 1.98. The molecule has 3 nitrogen and oxygen atoms in total. The zero-order chi connectivity index (χ0) is 14.3. The molecule has 3 rings (SSSR count). The van der Waals surface area contributed by atoms with Crippen LogP contribution in [0, 0.1) is 0 Å². The molecule has 4 heteroatoms. The van der Waals surface area contributed by atoms with Gasteiger partial charge < -0.3 is 5.11 Å². The number of carbonyl (C=O) groups is 1. The Labute approximate surface area is 124 Å². The molecule has 2 fully saturated rings. The molecule has 2 aliphatic heterocycles. The molecule has 3 unspecified atom stereocenters. The van der Waals surface area contributed by atoms with Gasteiger partial charge in [0.05, 0.1) is 12.1 Å². The van der Waals surface area contributed by atoms with Gasteiger partial charge in [-0.2, -0.15) is 0 Å². The van der Waals surface area contributed by atoms with Gasteiger partial charge in [0.1, 0.15) is 0 Å². The molecule has 1 N–H and O–H groups in total. The number of ketones is 1. The maximum Gasteiger partial charge on any atom is 0.179 e. The van der Waals surface area contributed by atoms with E-state index in [1.54, 1.807) is 12.1 Å². The molecule has 0 amide bonds. The zero-order valence-electron chi connectivity index (χ0n) is 11.6. The minimum absolute atomic E-state index is 0.126. The number of piperidine rings is 1. The van der Waals surface area contributed by atoms with Crippen LogP contribution in [-0.2, 0) is 0 Å². The second kappa shape index (κ2) is 5.47. The average Bonchev–Trinajstić information content (AvgIpc) is 2.69. The number of fused-ring (bicyclic) bond motifs is 2. The highest BCUT2D eigenvalue weighted by molar-refractivity contribution is 6.31. The van der Waals surface area contributed by atoms with Crippen molar-refractivity contribution in [3.63, 3.8) is 0 Å². The highest BCUT2D eigenvalue weighted by atomic mass is 35.5. The molecule has 108 valence electrons. The van der Waals surface area contributed by atoms with E-state index in [1.165, 1.54) is 0 Å². The predicted molar refractivity (Wildman–Crippen MR) is 79.1 cm³/mol. The van der Waals surface area contributed by atoms with E-state index in [9.17, 15) is 9.90 Å². The lowest BCUT2D eigenvalue weighted by Crippen LogP contribution is -2.51. The van der Waals surface area contributed by atoms with Crippen molar-refractivity contribution in [2.24, 2.45) is 0 Å². The van der Waals surface area contributed by atoms with Gasteiger partial charge in [-0.05, 0) is 44.7 Å². The van der Waals surface area contributed by atoms with Gasteiger partial charge in [0, 0.05) is 22.7 Å². The lowest BCUT2D eigenvalue weighted by atomic mass is 9.95. The van der Waals surface area contributed by atoms with Gasteiger partial charge >= 0.3 is 0 Å². The first-order valence-corrected chi connectivity index (χ1v) is 7.69. The monoisotopic (exact) mass is 293 g/mol. The number of Topliss-reactive ketones (excluding diaryl/α,β-unsaturated/α-hetero) is 1. The summed E-state index contributed by atoms with van der Waals surface area (Å²) in [7, 11) is 0. The van der Waals surface area contributed by atoms with E-state index in [-0.39, 0.29) is 17.9 Å². The third-order valence-corrected chi connectivity index (χ3v) is 4.94. The summed E-state index contributed by atoms with van der Waals surface area (Å²) in [5, 5.41) is 10.4. The number of hydrogen-bond donors (Lipinski definition) is 1. The number of aliphatic hydroxyl groups is 1. The van der Waals surface area contributed by atoms with Crippen molar-refractivity contribution in [3.05, 3.63) is 34.9 Å². The van der Waals surface area contributed by atoms with Gasteiger partial charge in [0.25, 0.3) is 0 Å². The van der Waals surface area contributed by atoms with Crippen LogP contribution in [0.15, 0.2) is 24.3 Å². The van der Waals surface area contributed by atoms with E-state index in [1.807, 2.05) is 19.1 Å². The largest absolute Gasteiger partial charge is 0.393 e. The van der Waals surface area contributed by atoms with Crippen molar-refractivity contribution in [1.29, 1.82) is 0 Å². The first-order valence-electron chi connectivity index (χ1n) is 7.31. The number of rotatable bonds is 3. The van der Waals surface area contributed by atoms with Crippen LogP contribution in [-0.4, -0.2) is 40.0 Å². The maximum atomic E-state index is 12.6. The molecule has 20 heavy (non-hydrogen) atoms.